The first-order valence-corrected chi connectivity index (χ1v) is 7.93. The van der Waals surface area contributed by atoms with Gasteiger partial charge in [-0.15, -0.1) is 24.8 Å². The van der Waals surface area contributed by atoms with E-state index in [0.29, 0.717) is 36.1 Å². The van der Waals surface area contributed by atoms with Crippen molar-refractivity contribution in [3.63, 3.8) is 0 Å². The molecule has 0 aromatic carbocycles. The molecular formula is C17H24Cl2N6O2. The Kier molecular flexibility index (Phi) is 11.5. The minimum atomic E-state index is -0.0577. The largest absolute Gasteiger partial charge is 0.492 e. The van der Waals surface area contributed by atoms with E-state index in [9.17, 15) is 0 Å². The van der Waals surface area contributed by atoms with E-state index in [2.05, 4.69) is 9.97 Å². The highest BCUT2D eigenvalue weighted by atomic mass is 35.5. The van der Waals surface area contributed by atoms with E-state index in [-0.39, 0.29) is 36.5 Å². The van der Waals surface area contributed by atoms with E-state index >= 15 is 0 Å². The van der Waals surface area contributed by atoms with Gasteiger partial charge in [-0.25, -0.2) is 9.97 Å². The summed E-state index contributed by atoms with van der Waals surface area (Å²) >= 11 is 0. The van der Waals surface area contributed by atoms with Crippen molar-refractivity contribution in [2.45, 2.75) is 19.3 Å². The van der Waals surface area contributed by atoms with Crippen LogP contribution in [0.25, 0.3) is 0 Å². The number of amidine groups is 2. The summed E-state index contributed by atoms with van der Waals surface area (Å²) in [5.41, 5.74) is 11.6. The van der Waals surface area contributed by atoms with Crippen LogP contribution in [0.5, 0.6) is 11.5 Å². The van der Waals surface area contributed by atoms with Crippen molar-refractivity contribution in [3.05, 3.63) is 48.0 Å². The molecule has 2 aromatic rings. The van der Waals surface area contributed by atoms with Gasteiger partial charge in [0.05, 0.1) is 25.6 Å². The van der Waals surface area contributed by atoms with Gasteiger partial charge in [-0.05, 0) is 43.5 Å². The molecule has 0 aliphatic carbocycles. The zero-order valence-electron chi connectivity index (χ0n) is 14.7. The molecule has 0 saturated heterocycles. The van der Waals surface area contributed by atoms with E-state index in [1.807, 2.05) is 0 Å². The minimum Gasteiger partial charge on any atom is -0.492 e. The van der Waals surface area contributed by atoms with E-state index in [4.69, 9.17) is 31.8 Å². The molecule has 2 aromatic heterocycles. The van der Waals surface area contributed by atoms with E-state index in [0.717, 1.165) is 19.3 Å². The van der Waals surface area contributed by atoms with Crippen LogP contribution in [0.1, 0.15) is 30.7 Å². The molecule has 2 heterocycles. The molecule has 0 unspecified atom stereocenters. The monoisotopic (exact) mass is 414 g/mol. The number of rotatable bonds is 10. The predicted molar refractivity (Wildman–Crippen MR) is 110 cm³/mol. The summed E-state index contributed by atoms with van der Waals surface area (Å²) < 4.78 is 11.2. The molecule has 0 aliphatic heterocycles. The van der Waals surface area contributed by atoms with Crippen molar-refractivity contribution in [3.8, 4) is 11.5 Å². The van der Waals surface area contributed by atoms with Gasteiger partial charge < -0.3 is 20.9 Å². The summed E-state index contributed by atoms with van der Waals surface area (Å²) in [5.74, 6) is 1.21. The average molecular weight is 415 g/mol. The summed E-state index contributed by atoms with van der Waals surface area (Å²) in [5, 5.41) is 14.5. The lowest BCUT2D eigenvalue weighted by molar-refractivity contribution is 0.278. The van der Waals surface area contributed by atoms with Crippen LogP contribution in [0.15, 0.2) is 36.7 Å². The maximum absolute atomic E-state index is 7.27. The highest BCUT2D eigenvalue weighted by Gasteiger charge is 2.01. The van der Waals surface area contributed by atoms with Gasteiger partial charge in [-0.1, -0.05) is 0 Å². The fraction of sp³-hybridized carbons (Fsp3) is 0.294. The lowest BCUT2D eigenvalue weighted by Crippen LogP contribution is -2.12. The molecule has 0 spiro atoms. The van der Waals surface area contributed by atoms with Crippen molar-refractivity contribution in [2.24, 2.45) is 11.5 Å². The molecule has 0 aliphatic rings. The van der Waals surface area contributed by atoms with Crippen molar-refractivity contribution < 1.29 is 9.47 Å². The predicted octanol–water partition coefficient (Wildman–Crippen LogP) is 2.52. The molecular weight excluding hydrogens is 391 g/mol. The number of unbranched alkanes of at least 4 members (excludes halogenated alkanes) is 2. The van der Waals surface area contributed by atoms with Gasteiger partial charge >= 0.3 is 0 Å². The summed E-state index contributed by atoms with van der Waals surface area (Å²) in [7, 11) is 0. The van der Waals surface area contributed by atoms with E-state index in [1.54, 1.807) is 36.7 Å². The second-order valence-corrected chi connectivity index (χ2v) is 5.34. The summed E-state index contributed by atoms with van der Waals surface area (Å²) in [6.07, 6.45) is 5.91. The molecule has 8 nitrogen and oxygen atoms in total. The first kappa shape index (κ1) is 24.4. The molecule has 0 amide bonds. The Morgan fingerprint density at radius 2 is 1.15 bits per heavy atom. The Balaban J connectivity index is 0.00000338. The SMILES string of the molecule is Cl.Cl.N=C(N)c1ccc(OCCCCCOc2ccc(C(=N)N)nc2)cn1. The van der Waals surface area contributed by atoms with E-state index < -0.39 is 0 Å². The fourth-order valence-electron chi connectivity index (χ4n) is 2.01. The second-order valence-electron chi connectivity index (χ2n) is 5.34. The normalized spacial score (nSPS) is 9.48. The summed E-state index contributed by atoms with van der Waals surface area (Å²) in [6, 6.07) is 6.84. The number of aromatic nitrogens is 2. The van der Waals surface area contributed by atoms with Crippen LogP contribution in [0, 0.1) is 10.8 Å². The third-order valence-electron chi connectivity index (χ3n) is 3.35. The third kappa shape index (κ3) is 8.57. The molecule has 0 radical (unpaired) electrons. The lowest BCUT2D eigenvalue weighted by atomic mass is 10.2. The highest BCUT2D eigenvalue weighted by molar-refractivity contribution is 5.93. The van der Waals surface area contributed by atoms with Crippen molar-refractivity contribution in [1.29, 1.82) is 10.8 Å². The summed E-state index contributed by atoms with van der Waals surface area (Å²) in [6.45, 7) is 1.19. The number of halogens is 2. The quantitative estimate of drug-likeness (QED) is 0.267. The Labute approximate surface area is 170 Å². The zero-order chi connectivity index (χ0) is 18.1. The molecule has 0 fully saturated rings. The Hall–Kier alpha value is -2.58. The van der Waals surface area contributed by atoms with Crippen LogP contribution in [-0.2, 0) is 0 Å². The molecule has 148 valence electrons. The van der Waals surface area contributed by atoms with Crippen LogP contribution < -0.4 is 20.9 Å². The van der Waals surface area contributed by atoms with Gasteiger partial charge in [-0.3, -0.25) is 10.8 Å². The number of nitrogen functional groups attached to an aromatic ring is 2. The molecule has 0 atom stereocenters. The van der Waals surface area contributed by atoms with Gasteiger partial charge in [0.2, 0.25) is 0 Å². The van der Waals surface area contributed by atoms with Gasteiger partial charge in [0.15, 0.2) is 0 Å². The number of nitrogens with one attached hydrogen (secondary N) is 2. The van der Waals surface area contributed by atoms with Crippen molar-refractivity contribution in [1.82, 2.24) is 9.97 Å². The summed E-state index contributed by atoms with van der Waals surface area (Å²) in [4.78, 5) is 8.07. The van der Waals surface area contributed by atoms with E-state index in [1.165, 1.54) is 0 Å². The third-order valence-corrected chi connectivity index (χ3v) is 3.35. The van der Waals surface area contributed by atoms with Gasteiger partial charge in [0.1, 0.15) is 34.6 Å². The van der Waals surface area contributed by atoms with Crippen molar-refractivity contribution >= 4 is 36.5 Å². The first-order valence-electron chi connectivity index (χ1n) is 7.93. The maximum Gasteiger partial charge on any atom is 0.141 e. The smallest absolute Gasteiger partial charge is 0.141 e. The molecule has 0 bridgehead atoms. The van der Waals surface area contributed by atoms with Crippen LogP contribution in [-0.4, -0.2) is 34.9 Å². The Bertz CT molecular complexity index is 649. The minimum absolute atomic E-state index is 0. The van der Waals surface area contributed by atoms with Gasteiger partial charge in [-0.2, -0.15) is 0 Å². The van der Waals surface area contributed by atoms with Crippen LogP contribution in [0.3, 0.4) is 0 Å². The molecule has 2 rings (SSSR count). The zero-order valence-corrected chi connectivity index (χ0v) is 16.3. The number of pyridine rings is 2. The molecule has 10 heteroatoms. The van der Waals surface area contributed by atoms with Crippen LogP contribution in [0.4, 0.5) is 0 Å². The number of ether oxygens (including phenoxy) is 2. The average Bonchev–Trinajstić information content (AvgIpc) is 2.61. The Morgan fingerprint density at radius 3 is 1.44 bits per heavy atom. The second kappa shape index (κ2) is 12.7. The number of nitrogens with zero attached hydrogens (tertiary/aromatic N) is 2. The molecule has 0 saturated carbocycles. The number of nitrogens with two attached hydrogens (primary N) is 2. The molecule has 27 heavy (non-hydrogen) atoms. The number of hydrogen-bond acceptors (Lipinski definition) is 6. The van der Waals surface area contributed by atoms with Crippen molar-refractivity contribution in [2.75, 3.05) is 13.2 Å². The van der Waals surface area contributed by atoms with Crippen LogP contribution in [0.2, 0.25) is 0 Å². The fourth-order valence-corrected chi connectivity index (χ4v) is 2.01. The maximum atomic E-state index is 7.27. The first-order chi connectivity index (χ1) is 12.1. The van der Waals surface area contributed by atoms with Gasteiger partial charge in [0, 0.05) is 0 Å². The molecule has 6 N–H and O–H groups in total. The lowest BCUT2D eigenvalue weighted by Gasteiger charge is -2.08. The Morgan fingerprint density at radius 1 is 0.741 bits per heavy atom. The highest BCUT2D eigenvalue weighted by Crippen LogP contribution is 2.11. The van der Waals surface area contributed by atoms with Gasteiger partial charge in [0.25, 0.3) is 0 Å². The van der Waals surface area contributed by atoms with Crippen LogP contribution >= 0.6 is 24.8 Å². The number of hydrogen-bond donors (Lipinski definition) is 4. The topological polar surface area (TPSA) is 144 Å². The standard InChI is InChI=1S/C17H22N6O2.2ClH/c18-16(19)14-6-4-12(10-22-14)24-8-2-1-3-9-25-13-5-7-15(17(20)21)23-11-13;;/h4-7,10-11H,1-3,8-9H2,(H3,18,19)(H3,20,21);2*1H.